The monoisotopic (exact) mass is 423 g/mol. The molecular formula is C19H20F3N5O3. The number of nitrogens with one attached hydrogen (secondary N) is 2. The number of amides is 1. The van der Waals surface area contributed by atoms with Crippen molar-refractivity contribution in [2.75, 3.05) is 5.32 Å². The van der Waals surface area contributed by atoms with Gasteiger partial charge in [-0.2, -0.15) is 13.2 Å². The number of unbranched alkanes of at least 4 members (excludes halogenated alkanes) is 3. The third-order valence-electron chi connectivity index (χ3n) is 4.67. The zero-order valence-electron chi connectivity index (χ0n) is 16.4. The number of carbonyl (C=O) groups excluding carboxylic acids is 1. The van der Waals surface area contributed by atoms with E-state index in [-0.39, 0.29) is 34.4 Å². The predicted molar refractivity (Wildman–Crippen MR) is 105 cm³/mol. The summed E-state index contributed by atoms with van der Waals surface area (Å²) >= 11 is 0. The van der Waals surface area contributed by atoms with Crippen LogP contribution in [0.25, 0.3) is 22.2 Å². The van der Waals surface area contributed by atoms with Crippen LogP contribution in [-0.4, -0.2) is 31.6 Å². The Kier molecular flexibility index (Phi) is 5.90. The van der Waals surface area contributed by atoms with Crippen molar-refractivity contribution >= 4 is 33.8 Å². The molecule has 0 aliphatic carbocycles. The average Bonchev–Trinajstić information content (AvgIpc) is 2.66. The molecule has 0 fully saturated rings. The van der Waals surface area contributed by atoms with E-state index in [0.29, 0.717) is 12.0 Å². The fraction of sp³-hybridized carbons (Fsp3) is 0.421. The van der Waals surface area contributed by atoms with Crippen LogP contribution in [0.15, 0.2) is 21.7 Å². The van der Waals surface area contributed by atoms with Gasteiger partial charge >= 0.3 is 17.8 Å². The number of halogens is 3. The molecule has 3 aromatic rings. The number of hydrogen-bond donors (Lipinski definition) is 2. The minimum Gasteiger partial charge on any atom is -0.318 e. The van der Waals surface area contributed by atoms with Crippen LogP contribution in [0.5, 0.6) is 0 Å². The SMILES string of the molecule is CCCCCCn1c(=O)[nH]c2nc3cc(NC(=O)C(F)(F)F)c(C)cc3nc2c1=O. The predicted octanol–water partition coefficient (Wildman–Crippen LogP) is 3.02. The van der Waals surface area contributed by atoms with Crippen LogP contribution in [0.2, 0.25) is 0 Å². The number of benzene rings is 1. The first-order valence-electron chi connectivity index (χ1n) is 9.45. The summed E-state index contributed by atoms with van der Waals surface area (Å²) in [6, 6.07) is 2.64. The van der Waals surface area contributed by atoms with E-state index in [1.807, 2.05) is 0 Å². The van der Waals surface area contributed by atoms with Gasteiger partial charge in [-0.05, 0) is 31.0 Å². The highest BCUT2D eigenvalue weighted by Crippen LogP contribution is 2.24. The first kappa shape index (κ1) is 21.5. The van der Waals surface area contributed by atoms with Crippen LogP contribution in [0.4, 0.5) is 18.9 Å². The van der Waals surface area contributed by atoms with Gasteiger partial charge < -0.3 is 5.32 Å². The summed E-state index contributed by atoms with van der Waals surface area (Å²) in [5.41, 5.74) is -0.707. The number of alkyl halides is 3. The summed E-state index contributed by atoms with van der Waals surface area (Å²) in [6.45, 7) is 3.80. The maximum absolute atomic E-state index is 12.7. The van der Waals surface area contributed by atoms with Crippen molar-refractivity contribution in [1.29, 1.82) is 0 Å². The normalized spacial score (nSPS) is 11.9. The number of aromatic nitrogens is 4. The van der Waals surface area contributed by atoms with E-state index < -0.39 is 23.3 Å². The highest BCUT2D eigenvalue weighted by molar-refractivity contribution is 5.98. The summed E-state index contributed by atoms with van der Waals surface area (Å²) in [7, 11) is 0. The summed E-state index contributed by atoms with van der Waals surface area (Å²) in [6.07, 6.45) is -1.47. The number of hydrogen-bond acceptors (Lipinski definition) is 5. The lowest BCUT2D eigenvalue weighted by molar-refractivity contribution is -0.167. The van der Waals surface area contributed by atoms with E-state index in [2.05, 4.69) is 21.9 Å². The molecule has 1 amide bonds. The average molecular weight is 423 g/mol. The Labute approximate surface area is 168 Å². The smallest absolute Gasteiger partial charge is 0.318 e. The van der Waals surface area contributed by atoms with Crippen LogP contribution in [0.1, 0.15) is 38.2 Å². The Morgan fingerprint density at radius 2 is 1.83 bits per heavy atom. The van der Waals surface area contributed by atoms with Crippen LogP contribution >= 0.6 is 0 Å². The van der Waals surface area contributed by atoms with Gasteiger partial charge in [0.05, 0.1) is 11.0 Å². The molecule has 0 radical (unpaired) electrons. The lowest BCUT2D eigenvalue weighted by Crippen LogP contribution is -2.35. The van der Waals surface area contributed by atoms with E-state index >= 15 is 0 Å². The molecule has 0 aliphatic rings. The zero-order chi connectivity index (χ0) is 22.1. The fourth-order valence-corrected chi connectivity index (χ4v) is 3.06. The maximum atomic E-state index is 12.7. The first-order chi connectivity index (χ1) is 14.1. The zero-order valence-corrected chi connectivity index (χ0v) is 16.4. The number of aromatic amines is 1. The van der Waals surface area contributed by atoms with Gasteiger partial charge in [0.1, 0.15) is 0 Å². The molecule has 2 heterocycles. The second kappa shape index (κ2) is 8.25. The maximum Gasteiger partial charge on any atom is 0.471 e. The Bertz CT molecular complexity index is 1230. The number of carbonyl (C=O) groups is 1. The van der Waals surface area contributed by atoms with Gasteiger partial charge in [-0.15, -0.1) is 0 Å². The lowest BCUT2D eigenvalue weighted by Gasteiger charge is -2.12. The van der Waals surface area contributed by atoms with Crippen molar-refractivity contribution in [3.05, 3.63) is 38.5 Å². The fourth-order valence-electron chi connectivity index (χ4n) is 3.06. The van der Waals surface area contributed by atoms with E-state index in [4.69, 9.17) is 0 Å². The van der Waals surface area contributed by atoms with Gasteiger partial charge in [0.15, 0.2) is 11.2 Å². The molecule has 0 aliphatic heterocycles. The Morgan fingerprint density at radius 3 is 2.50 bits per heavy atom. The third-order valence-corrected chi connectivity index (χ3v) is 4.67. The molecule has 0 saturated heterocycles. The third kappa shape index (κ3) is 4.34. The van der Waals surface area contributed by atoms with Gasteiger partial charge in [0.25, 0.3) is 5.56 Å². The summed E-state index contributed by atoms with van der Waals surface area (Å²) in [4.78, 5) is 47.1. The number of aryl methyl sites for hydroxylation is 1. The van der Waals surface area contributed by atoms with Crippen molar-refractivity contribution < 1.29 is 18.0 Å². The van der Waals surface area contributed by atoms with Gasteiger partial charge in [-0.25, -0.2) is 14.8 Å². The lowest BCUT2D eigenvalue weighted by atomic mass is 10.1. The highest BCUT2D eigenvalue weighted by Gasteiger charge is 2.38. The highest BCUT2D eigenvalue weighted by atomic mass is 19.4. The molecule has 2 N–H and O–H groups in total. The van der Waals surface area contributed by atoms with E-state index in [1.54, 1.807) is 5.32 Å². The van der Waals surface area contributed by atoms with Crippen LogP contribution in [0, 0.1) is 6.92 Å². The van der Waals surface area contributed by atoms with Crippen LogP contribution < -0.4 is 16.6 Å². The minimum atomic E-state index is -5.04. The first-order valence-corrected chi connectivity index (χ1v) is 9.45. The summed E-state index contributed by atoms with van der Waals surface area (Å²) < 4.78 is 38.7. The van der Waals surface area contributed by atoms with Crippen molar-refractivity contribution in [2.24, 2.45) is 0 Å². The van der Waals surface area contributed by atoms with Gasteiger partial charge in [0, 0.05) is 12.2 Å². The van der Waals surface area contributed by atoms with Crippen LogP contribution in [0.3, 0.4) is 0 Å². The molecule has 1 aromatic carbocycles. The molecule has 0 saturated carbocycles. The van der Waals surface area contributed by atoms with E-state index in [9.17, 15) is 27.6 Å². The van der Waals surface area contributed by atoms with Crippen molar-refractivity contribution in [1.82, 2.24) is 19.5 Å². The number of H-pyrrole nitrogens is 1. The van der Waals surface area contributed by atoms with Crippen molar-refractivity contribution in [3.63, 3.8) is 0 Å². The van der Waals surface area contributed by atoms with Gasteiger partial charge in [-0.3, -0.25) is 19.1 Å². The molecule has 30 heavy (non-hydrogen) atoms. The molecule has 0 spiro atoms. The molecule has 11 heteroatoms. The second-order valence-electron chi connectivity index (χ2n) is 6.98. The molecule has 2 aromatic heterocycles. The van der Waals surface area contributed by atoms with Gasteiger partial charge in [-0.1, -0.05) is 26.2 Å². The molecule has 160 valence electrons. The topological polar surface area (TPSA) is 110 Å². The van der Waals surface area contributed by atoms with Crippen molar-refractivity contribution in [2.45, 2.75) is 52.3 Å². The number of anilines is 1. The van der Waals surface area contributed by atoms with E-state index in [0.717, 1.165) is 23.8 Å². The Morgan fingerprint density at radius 1 is 1.13 bits per heavy atom. The Hall–Kier alpha value is -3.24. The molecule has 0 atom stereocenters. The molecular weight excluding hydrogens is 403 g/mol. The summed E-state index contributed by atoms with van der Waals surface area (Å²) in [5.74, 6) is -2.11. The molecule has 0 bridgehead atoms. The van der Waals surface area contributed by atoms with E-state index in [1.165, 1.54) is 19.1 Å². The van der Waals surface area contributed by atoms with Crippen LogP contribution in [-0.2, 0) is 11.3 Å². The second-order valence-corrected chi connectivity index (χ2v) is 6.98. The molecule has 3 rings (SSSR count). The Balaban J connectivity index is 2.05. The largest absolute Gasteiger partial charge is 0.471 e. The minimum absolute atomic E-state index is 0.0379. The number of rotatable bonds is 6. The standard InChI is InChI=1S/C19H20F3N5O3/c1-3-4-5-6-7-27-16(28)14-15(26-18(27)30)24-13-9-11(10(2)8-12(13)23-14)25-17(29)19(20,21)22/h8-9H,3-7H2,1-2H3,(H,25,29)(H,24,26,30). The number of fused-ring (bicyclic) bond motifs is 2. The molecule has 0 unspecified atom stereocenters. The molecule has 8 nitrogen and oxygen atoms in total. The van der Waals surface area contributed by atoms with Crippen molar-refractivity contribution in [3.8, 4) is 0 Å². The number of nitrogens with zero attached hydrogens (tertiary/aromatic N) is 3. The summed E-state index contributed by atoms with van der Waals surface area (Å²) in [5, 5.41) is 1.79. The van der Waals surface area contributed by atoms with Gasteiger partial charge in [0.2, 0.25) is 0 Å². The quantitative estimate of drug-likeness (QED) is 0.468.